The summed E-state index contributed by atoms with van der Waals surface area (Å²) < 4.78 is 21.7. The minimum absolute atomic E-state index is 0.258. The van der Waals surface area contributed by atoms with Crippen LogP contribution in [0.25, 0.3) is 0 Å². The molecule has 0 bridgehead atoms. The fourth-order valence-corrected chi connectivity index (χ4v) is 1.84. The average Bonchev–Trinajstić information content (AvgIpc) is 2.55. The van der Waals surface area contributed by atoms with Crippen molar-refractivity contribution in [2.75, 3.05) is 26.4 Å². The first-order chi connectivity index (χ1) is 7.74. The van der Waals surface area contributed by atoms with Gasteiger partial charge in [-0.2, -0.15) is 0 Å². The van der Waals surface area contributed by atoms with Crippen LogP contribution < -0.4 is 0 Å². The molecule has 0 unspecified atom stereocenters. The summed E-state index contributed by atoms with van der Waals surface area (Å²) in [6.07, 6.45) is -1.87. The van der Waals surface area contributed by atoms with Crippen molar-refractivity contribution in [3.8, 4) is 0 Å². The van der Waals surface area contributed by atoms with Crippen molar-refractivity contribution in [3.05, 3.63) is 0 Å². The maximum absolute atomic E-state index is 9.70. The third kappa shape index (κ3) is 3.40. The summed E-state index contributed by atoms with van der Waals surface area (Å²) in [4.78, 5) is 0. The summed E-state index contributed by atoms with van der Waals surface area (Å²) in [6, 6.07) is 0. The molecule has 0 aromatic rings. The van der Waals surface area contributed by atoms with E-state index >= 15 is 0 Å². The van der Waals surface area contributed by atoms with Gasteiger partial charge in [0.1, 0.15) is 18.3 Å². The standard InChI is InChI=1S/C11H22O5/c1-4-13-7-8-9(14-5-2)10(15-6-3)11(12)16-8/h8-12H,4-7H2,1-3H3/t8-,9+,10+,11+/m1/s1. The zero-order chi connectivity index (χ0) is 12.0. The molecule has 1 N–H and O–H groups in total. The van der Waals surface area contributed by atoms with Crippen LogP contribution in [0.15, 0.2) is 0 Å². The number of hydrogen-bond donors (Lipinski definition) is 1. The Bertz CT molecular complexity index is 187. The fourth-order valence-electron chi connectivity index (χ4n) is 1.84. The molecule has 1 aliphatic rings. The van der Waals surface area contributed by atoms with E-state index in [0.29, 0.717) is 26.4 Å². The summed E-state index contributed by atoms with van der Waals surface area (Å²) in [7, 11) is 0. The highest BCUT2D eigenvalue weighted by atomic mass is 16.7. The maximum atomic E-state index is 9.70. The molecule has 1 aliphatic heterocycles. The first kappa shape index (κ1) is 13.9. The number of ether oxygens (including phenoxy) is 4. The molecule has 1 rings (SSSR count). The van der Waals surface area contributed by atoms with Crippen molar-refractivity contribution in [2.24, 2.45) is 0 Å². The van der Waals surface area contributed by atoms with E-state index in [1.54, 1.807) is 0 Å². The zero-order valence-electron chi connectivity index (χ0n) is 10.2. The van der Waals surface area contributed by atoms with Crippen LogP contribution >= 0.6 is 0 Å². The van der Waals surface area contributed by atoms with Gasteiger partial charge in [-0.15, -0.1) is 0 Å². The minimum atomic E-state index is -0.929. The van der Waals surface area contributed by atoms with Gasteiger partial charge in [0.2, 0.25) is 0 Å². The van der Waals surface area contributed by atoms with Gasteiger partial charge >= 0.3 is 0 Å². The Hall–Kier alpha value is -0.200. The third-order valence-electron chi connectivity index (χ3n) is 2.49. The summed E-state index contributed by atoms with van der Waals surface area (Å²) in [5.41, 5.74) is 0. The molecule has 4 atom stereocenters. The molecule has 5 nitrogen and oxygen atoms in total. The number of hydrogen-bond acceptors (Lipinski definition) is 5. The normalized spacial score (nSPS) is 34.5. The molecule has 1 heterocycles. The van der Waals surface area contributed by atoms with Gasteiger partial charge in [0.25, 0.3) is 0 Å². The molecule has 0 amide bonds. The topological polar surface area (TPSA) is 57.2 Å². The lowest BCUT2D eigenvalue weighted by molar-refractivity contribution is -0.148. The van der Waals surface area contributed by atoms with E-state index in [1.807, 2.05) is 20.8 Å². The lowest BCUT2D eigenvalue weighted by Crippen LogP contribution is -2.39. The Morgan fingerprint density at radius 3 is 2.19 bits per heavy atom. The second-order valence-electron chi connectivity index (χ2n) is 3.56. The Morgan fingerprint density at radius 2 is 1.62 bits per heavy atom. The van der Waals surface area contributed by atoms with Gasteiger partial charge in [-0.3, -0.25) is 0 Å². The Kier molecular flexibility index (Phi) is 6.23. The summed E-state index contributed by atoms with van der Waals surface area (Å²) in [5, 5.41) is 9.70. The number of aliphatic hydroxyl groups excluding tert-OH is 1. The average molecular weight is 234 g/mol. The van der Waals surface area contributed by atoms with Crippen LogP contribution in [0.5, 0.6) is 0 Å². The van der Waals surface area contributed by atoms with Crippen molar-refractivity contribution in [2.45, 2.75) is 45.4 Å². The molecule has 0 spiro atoms. The molecule has 0 aromatic carbocycles. The van der Waals surface area contributed by atoms with Gasteiger partial charge in [-0.25, -0.2) is 0 Å². The molecular weight excluding hydrogens is 212 g/mol. The summed E-state index contributed by atoms with van der Waals surface area (Å²) in [5.74, 6) is 0. The fraction of sp³-hybridized carbons (Fsp3) is 1.00. The predicted octanol–water partition coefficient (Wildman–Crippen LogP) is 0.550. The molecule has 96 valence electrons. The zero-order valence-corrected chi connectivity index (χ0v) is 10.2. The minimum Gasteiger partial charge on any atom is -0.379 e. The molecule has 1 saturated heterocycles. The van der Waals surface area contributed by atoms with Crippen LogP contribution in [0.4, 0.5) is 0 Å². The van der Waals surface area contributed by atoms with Gasteiger partial charge in [-0.1, -0.05) is 0 Å². The van der Waals surface area contributed by atoms with Crippen LogP contribution in [-0.4, -0.2) is 56.1 Å². The van der Waals surface area contributed by atoms with Crippen molar-refractivity contribution < 1.29 is 24.1 Å². The Balaban J connectivity index is 2.56. The highest BCUT2D eigenvalue weighted by Gasteiger charge is 2.45. The van der Waals surface area contributed by atoms with Crippen LogP contribution in [0.3, 0.4) is 0 Å². The molecule has 0 radical (unpaired) electrons. The molecule has 0 aromatic heterocycles. The largest absolute Gasteiger partial charge is 0.379 e. The number of rotatable bonds is 7. The van der Waals surface area contributed by atoms with Gasteiger partial charge in [-0.05, 0) is 20.8 Å². The van der Waals surface area contributed by atoms with Crippen LogP contribution in [0.1, 0.15) is 20.8 Å². The monoisotopic (exact) mass is 234 g/mol. The molecule has 0 aliphatic carbocycles. The SMILES string of the molecule is CCOC[C@H]1O[C@H](O)[C@@H](OCC)[C@H]1OCC. The molecule has 1 fully saturated rings. The third-order valence-corrected chi connectivity index (χ3v) is 2.49. The predicted molar refractivity (Wildman–Crippen MR) is 58.2 cm³/mol. The van der Waals surface area contributed by atoms with E-state index in [4.69, 9.17) is 18.9 Å². The van der Waals surface area contributed by atoms with Gasteiger partial charge in [0, 0.05) is 19.8 Å². The maximum Gasteiger partial charge on any atom is 0.184 e. The van der Waals surface area contributed by atoms with E-state index in [0.717, 1.165) is 0 Å². The summed E-state index contributed by atoms with van der Waals surface area (Å²) in [6.45, 7) is 7.83. The highest BCUT2D eigenvalue weighted by Crippen LogP contribution is 2.25. The van der Waals surface area contributed by atoms with Crippen molar-refractivity contribution in [3.63, 3.8) is 0 Å². The second-order valence-corrected chi connectivity index (χ2v) is 3.56. The Morgan fingerprint density at radius 1 is 1.00 bits per heavy atom. The van der Waals surface area contributed by atoms with E-state index < -0.39 is 12.4 Å². The van der Waals surface area contributed by atoms with Gasteiger partial charge in [0.05, 0.1) is 6.61 Å². The summed E-state index contributed by atoms with van der Waals surface area (Å²) >= 11 is 0. The van der Waals surface area contributed by atoms with Crippen molar-refractivity contribution in [1.29, 1.82) is 0 Å². The Labute approximate surface area is 96.6 Å². The lowest BCUT2D eigenvalue weighted by Gasteiger charge is -2.22. The molecule has 0 saturated carbocycles. The molecule has 5 heteroatoms. The first-order valence-electron chi connectivity index (χ1n) is 5.89. The van der Waals surface area contributed by atoms with E-state index in [2.05, 4.69) is 0 Å². The highest BCUT2D eigenvalue weighted by molar-refractivity contribution is 4.88. The van der Waals surface area contributed by atoms with Crippen LogP contribution in [-0.2, 0) is 18.9 Å². The van der Waals surface area contributed by atoms with Crippen LogP contribution in [0.2, 0.25) is 0 Å². The lowest BCUT2D eigenvalue weighted by atomic mass is 10.1. The smallest absolute Gasteiger partial charge is 0.184 e. The van der Waals surface area contributed by atoms with E-state index in [9.17, 15) is 5.11 Å². The van der Waals surface area contributed by atoms with Gasteiger partial charge < -0.3 is 24.1 Å². The van der Waals surface area contributed by atoms with E-state index in [-0.39, 0.29) is 12.2 Å². The van der Waals surface area contributed by atoms with E-state index in [1.165, 1.54) is 0 Å². The quantitative estimate of drug-likeness (QED) is 0.697. The first-order valence-corrected chi connectivity index (χ1v) is 5.89. The molecular formula is C11H22O5. The molecule has 16 heavy (non-hydrogen) atoms. The van der Waals surface area contributed by atoms with Gasteiger partial charge in [0.15, 0.2) is 6.29 Å². The van der Waals surface area contributed by atoms with Crippen molar-refractivity contribution in [1.82, 2.24) is 0 Å². The van der Waals surface area contributed by atoms with Crippen molar-refractivity contribution >= 4 is 0 Å². The van der Waals surface area contributed by atoms with Crippen LogP contribution in [0, 0.1) is 0 Å². The second kappa shape index (κ2) is 7.19. The number of aliphatic hydroxyl groups is 1.